The molecule has 0 radical (unpaired) electrons. The van der Waals surface area contributed by atoms with Gasteiger partial charge in [-0.2, -0.15) is 5.10 Å². The third kappa shape index (κ3) is 0.820. The Balaban J connectivity index is 1.62. The van der Waals surface area contributed by atoms with Crippen LogP contribution in [-0.4, -0.2) is 15.7 Å². The number of nitrogens with two attached hydrogens (primary N) is 1. The molecular formula is C12H14BrN3S. The molecule has 6 aliphatic rings. The number of rotatable bonds is 1. The van der Waals surface area contributed by atoms with E-state index in [2.05, 4.69) is 26.5 Å². The molecule has 3 nitrogen and oxygen atoms in total. The van der Waals surface area contributed by atoms with Crippen LogP contribution in [0.4, 0.5) is 0 Å². The zero-order chi connectivity index (χ0) is 11.5. The van der Waals surface area contributed by atoms with E-state index in [4.69, 9.17) is 18.0 Å². The van der Waals surface area contributed by atoms with E-state index in [1.54, 1.807) is 0 Å². The van der Waals surface area contributed by atoms with Crippen LogP contribution >= 0.6 is 28.1 Å². The molecule has 0 aliphatic heterocycles. The zero-order valence-corrected chi connectivity index (χ0v) is 11.6. The largest absolute Gasteiger partial charge is 0.375 e. The average Bonchev–Trinajstić information content (AvgIpc) is 2.97. The number of nitrogens with zero attached hydrogens (tertiary/aromatic N) is 1. The van der Waals surface area contributed by atoms with Gasteiger partial charge in [0.2, 0.25) is 0 Å². The number of alkyl halides is 1. The van der Waals surface area contributed by atoms with Crippen LogP contribution in [0.2, 0.25) is 0 Å². The Kier molecular flexibility index (Phi) is 1.55. The molecule has 0 spiro atoms. The van der Waals surface area contributed by atoms with Crippen LogP contribution in [0.1, 0.15) is 6.42 Å². The Labute approximate surface area is 114 Å². The molecule has 0 saturated heterocycles. The van der Waals surface area contributed by atoms with Crippen molar-refractivity contribution >= 4 is 39.0 Å². The fraction of sp³-hybridized carbons (Fsp3) is 0.833. The van der Waals surface area contributed by atoms with Gasteiger partial charge in [0.25, 0.3) is 0 Å². The van der Waals surface area contributed by atoms with Gasteiger partial charge >= 0.3 is 0 Å². The molecule has 5 heteroatoms. The molecule has 0 aromatic carbocycles. The Morgan fingerprint density at radius 1 is 1.24 bits per heavy atom. The fourth-order valence-corrected chi connectivity index (χ4v) is 7.97. The van der Waals surface area contributed by atoms with Crippen molar-refractivity contribution in [3.63, 3.8) is 0 Å². The predicted molar refractivity (Wildman–Crippen MR) is 72.6 cm³/mol. The summed E-state index contributed by atoms with van der Waals surface area (Å²) in [6.07, 6.45) is 1.46. The highest BCUT2D eigenvalue weighted by molar-refractivity contribution is 9.09. The van der Waals surface area contributed by atoms with Gasteiger partial charge in [-0.05, 0) is 54.1 Å². The third-order valence-corrected chi connectivity index (χ3v) is 7.65. The Bertz CT molecular complexity index is 476. The van der Waals surface area contributed by atoms with Gasteiger partial charge in [-0.1, -0.05) is 15.9 Å². The lowest BCUT2D eigenvalue weighted by molar-refractivity contribution is 0.132. The highest BCUT2D eigenvalue weighted by Gasteiger charge is 2.82. The van der Waals surface area contributed by atoms with Crippen molar-refractivity contribution in [3.05, 3.63) is 0 Å². The molecule has 0 unspecified atom stereocenters. The Hall–Kier alpha value is -0.160. The van der Waals surface area contributed by atoms with E-state index in [-0.39, 0.29) is 0 Å². The second-order valence-corrected chi connectivity index (χ2v) is 7.88. The maximum absolute atomic E-state index is 5.49. The van der Waals surface area contributed by atoms with Gasteiger partial charge in [-0.15, -0.1) is 0 Å². The maximum atomic E-state index is 5.49. The highest BCUT2D eigenvalue weighted by Crippen LogP contribution is 2.82. The number of hydrogen-bond donors (Lipinski definition) is 2. The van der Waals surface area contributed by atoms with Crippen LogP contribution in [-0.2, 0) is 0 Å². The van der Waals surface area contributed by atoms with E-state index < -0.39 is 0 Å². The van der Waals surface area contributed by atoms with Gasteiger partial charge in [0.15, 0.2) is 5.11 Å². The minimum absolute atomic E-state index is 0.297. The molecule has 6 saturated carbocycles. The van der Waals surface area contributed by atoms with Crippen molar-refractivity contribution in [3.8, 4) is 0 Å². The van der Waals surface area contributed by atoms with E-state index in [0.717, 1.165) is 52.2 Å². The minimum Gasteiger partial charge on any atom is -0.375 e. The summed E-state index contributed by atoms with van der Waals surface area (Å²) in [5.41, 5.74) is 9.73. The Morgan fingerprint density at radius 3 is 2.71 bits per heavy atom. The molecule has 0 aromatic heterocycles. The van der Waals surface area contributed by atoms with Crippen molar-refractivity contribution < 1.29 is 0 Å². The van der Waals surface area contributed by atoms with Crippen molar-refractivity contribution in [1.82, 2.24) is 5.43 Å². The van der Waals surface area contributed by atoms with Crippen LogP contribution in [0.15, 0.2) is 5.10 Å². The van der Waals surface area contributed by atoms with Crippen LogP contribution in [0.25, 0.3) is 0 Å². The third-order valence-electron chi connectivity index (χ3n) is 6.34. The minimum atomic E-state index is 0.297. The lowest BCUT2D eigenvalue weighted by Crippen LogP contribution is -2.30. The van der Waals surface area contributed by atoms with Gasteiger partial charge < -0.3 is 5.73 Å². The second-order valence-electron chi connectivity index (χ2n) is 6.38. The summed E-state index contributed by atoms with van der Waals surface area (Å²) < 4.78 is 0. The molecule has 0 amide bonds. The van der Waals surface area contributed by atoms with Crippen molar-refractivity contribution in [2.75, 3.05) is 0 Å². The van der Waals surface area contributed by atoms with Crippen LogP contribution < -0.4 is 11.2 Å². The summed E-state index contributed by atoms with van der Waals surface area (Å²) in [4.78, 5) is 0.764. The van der Waals surface area contributed by atoms with Crippen molar-refractivity contribution in [1.29, 1.82) is 0 Å². The second kappa shape index (κ2) is 2.72. The van der Waals surface area contributed by atoms with Crippen LogP contribution in [0, 0.1) is 47.3 Å². The smallest absolute Gasteiger partial charge is 0.184 e. The van der Waals surface area contributed by atoms with Crippen LogP contribution in [0.5, 0.6) is 0 Å². The molecule has 0 aromatic rings. The quantitative estimate of drug-likeness (QED) is 0.436. The molecule has 6 rings (SSSR count). The van der Waals surface area contributed by atoms with Gasteiger partial charge in [0.05, 0.1) is 0 Å². The first-order chi connectivity index (χ1) is 8.20. The molecule has 90 valence electrons. The topological polar surface area (TPSA) is 50.4 Å². The van der Waals surface area contributed by atoms with Gasteiger partial charge in [0, 0.05) is 22.4 Å². The fourth-order valence-electron chi connectivity index (χ4n) is 6.49. The lowest BCUT2D eigenvalue weighted by atomic mass is 9.71. The lowest BCUT2D eigenvalue weighted by Gasteiger charge is -2.32. The Morgan fingerprint density at radius 2 is 2.00 bits per heavy atom. The first-order valence-electron chi connectivity index (χ1n) is 6.47. The van der Waals surface area contributed by atoms with Gasteiger partial charge in [-0.3, -0.25) is 5.43 Å². The molecule has 17 heavy (non-hydrogen) atoms. The van der Waals surface area contributed by atoms with E-state index in [0.29, 0.717) is 5.11 Å². The highest BCUT2D eigenvalue weighted by atomic mass is 79.9. The number of hydrogen-bond acceptors (Lipinski definition) is 2. The van der Waals surface area contributed by atoms with E-state index in [9.17, 15) is 0 Å². The molecule has 6 fully saturated rings. The SMILES string of the molecule is NC(=S)N/N=C1/[C@H]2[C@@H]3C[C@@H]4[C@H]5[C@H](Br)[C@@H]([C@@H]1[C@@H]35)[C@H]42. The first kappa shape index (κ1) is 9.73. The van der Waals surface area contributed by atoms with Gasteiger partial charge in [0.1, 0.15) is 0 Å². The summed E-state index contributed by atoms with van der Waals surface area (Å²) in [5, 5.41) is 4.85. The number of halogens is 1. The summed E-state index contributed by atoms with van der Waals surface area (Å²) in [6, 6.07) is 0. The van der Waals surface area contributed by atoms with Crippen molar-refractivity contribution in [2.24, 2.45) is 58.2 Å². The predicted octanol–water partition coefficient (Wildman–Crippen LogP) is 1.33. The number of thiocarbonyl (C=S) groups is 1. The summed E-state index contributed by atoms with van der Waals surface area (Å²) in [6.45, 7) is 0. The number of nitrogens with one attached hydrogen (secondary N) is 1. The van der Waals surface area contributed by atoms with Gasteiger partial charge in [-0.25, -0.2) is 0 Å². The molecule has 6 bridgehead atoms. The monoisotopic (exact) mass is 311 g/mol. The van der Waals surface area contributed by atoms with E-state index in [1.165, 1.54) is 12.1 Å². The molecule has 6 aliphatic carbocycles. The molecule has 3 N–H and O–H groups in total. The summed E-state index contributed by atoms with van der Waals surface area (Å²) in [7, 11) is 0. The molecular weight excluding hydrogens is 298 g/mol. The average molecular weight is 312 g/mol. The molecule has 9 atom stereocenters. The summed E-state index contributed by atoms with van der Waals surface area (Å²) >= 11 is 8.82. The maximum Gasteiger partial charge on any atom is 0.184 e. The van der Waals surface area contributed by atoms with Crippen molar-refractivity contribution in [2.45, 2.75) is 11.2 Å². The normalized spacial score (nSPS) is 65.7. The summed E-state index contributed by atoms with van der Waals surface area (Å²) in [5.74, 6) is 7.11. The first-order valence-corrected chi connectivity index (χ1v) is 7.79. The molecule has 0 heterocycles. The number of hydrazone groups is 1. The zero-order valence-electron chi connectivity index (χ0n) is 9.21. The van der Waals surface area contributed by atoms with E-state index in [1.807, 2.05) is 0 Å². The van der Waals surface area contributed by atoms with E-state index >= 15 is 0 Å². The standard InChI is InChI=1S/C12H14BrN3S/c13-10-6-2-1-3-4(6)9-8(10)5(2)7(3)11(9)15-16-12(14)17/h2-10H,1H2,(H3,14,16,17)/b15-11-/t2-,3+,4-,5+,6+,7-,8+,9-,10-/m0/s1. The van der Waals surface area contributed by atoms with Crippen LogP contribution in [0.3, 0.4) is 0 Å².